The van der Waals surface area contributed by atoms with Gasteiger partial charge in [0.25, 0.3) is 0 Å². The molecule has 3 N–H and O–H groups in total. The molecule has 3 nitrogen and oxygen atoms in total. The van der Waals surface area contributed by atoms with Crippen molar-refractivity contribution in [2.45, 2.75) is 26.3 Å². The molecule has 0 aromatic heterocycles. The lowest BCUT2D eigenvalue weighted by molar-refractivity contribution is -0.144. The van der Waals surface area contributed by atoms with E-state index < -0.39 is 11.5 Å². The lowest BCUT2D eigenvalue weighted by atomic mass is 9.90. The monoisotopic (exact) mass is 132 g/mol. The van der Waals surface area contributed by atoms with Crippen LogP contribution in [0.2, 0.25) is 0 Å². The topological polar surface area (TPSA) is 63.3 Å². The van der Waals surface area contributed by atoms with Gasteiger partial charge in [-0.05, 0) is 12.8 Å². The zero-order chi connectivity index (χ0) is 8.36. The molecule has 0 radical (unpaired) electrons. The van der Waals surface area contributed by atoms with Gasteiger partial charge in [0.15, 0.2) is 0 Å². The van der Waals surface area contributed by atoms with Crippen molar-refractivity contribution < 1.29 is 11.3 Å². The van der Waals surface area contributed by atoms with Crippen LogP contribution in [0.15, 0.2) is 0 Å². The van der Waals surface area contributed by atoms with Crippen LogP contribution in [0.25, 0.3) is 0 Å². The van der Waals surface area contributed by atoms with Gasteiger partial charge < -0.3 is 10.8 Å². The van der Waals surface area contributed by atoms with Gasteiger partial charge in [-0.25, -0.2) is 0 Å². The van der Waals surface area contributed by atoms with Crippen molar-refractivity contribution >= 4 is 5.97 Å². The molecular weight excluding hydrogens is 118 g/mol. The van der Waals surface area contributed by atoms with Crippen LogP contribution in [0.4, 0.5) is 0 Å². The summed E-state index contributed by atoms with van der Waals surface area (Å²) < 4.78 is 6.91. The zero-order valence-corrected chi connectivity index (χ0v) is 5.72. The molecule has 0 aromatic carbocycles. The molecule has 54 valence electrons. The fraction of sp³-hybridized carbons (Fsp3) is 0.833. The van der Waals surface area contributed by atoms with Gasteiger partial charge in [0.1, 0.15) is 5.54 Å². The second-order valence-electron chi connectivity index (χ2n) is 2.49. The van der Waals surface area contributed by atoms with Crippen LogP contribution in [0.1, 0.15) is 22.1 Å². The van der Waals surface area contributed by atoms with Crippen LogP contribution >= 0.6 is 0 Å². The number of nitrogens with two attached hydrogens (primary N) is 1. The van der Waals surface area contributed by atoms with E-state index in [4.69, 9.17) is 12.2 Å². The molecular formula is C6H13NO2. The molecule has 0 heterocycles. The molecule has 0 aliphatic heterocycles. The fourth-order valence-corrected chi connectivity index (χ4v) is 0.211. The Bertz CT molecular complexity index is 136. The van der Waals surface area contributed by atoms with E-state index >= 15 is 0 Å². The molecule has 0 fully saturated rings. The molecule has 0 amide bonds. The third-order valence-electron chi connectivity index (χ3n) is 1.48. The van der Waals surface area contributed by atoms with Gasteiger partial charge in [0, 0.05) is 1.37 Å². The lowest BCUT2D eigenvalue weighted by Crippen LogP contribution is -2.49. The fourth-order valence-electron chi connectivity index (χ4n) is 0.211. The summed E-state index contributed by atoms with van der Waals surface area (Å²) in [7, 11) is 0. The van der Waals surface area contributed by atoms with Crippen molar-refractivity contribution in [3.05, 3.63) is 0 Å². The molecule has 0 spiro atoms. The lowest BCUT2D eigenvalue weighted by Gasteiger charge is -2.22. The zero-order valence-electron chi connectivity index (χ0n) is 6.72. The Kier molecular flexibility index (Phi) is 1.71. The highest BCUT2D eigenvalue weighted by atomic mass is 16.4. The average molecular weight is 132 g/mol. The second kappa shape index (κ2) is 2.35. The molecule has 3 heteroatoms. The van der Waals surface area contributed by atoms with Crippen LogP contribution in [-0.2, 0) is 4.79 Å². The maximum absolute atomic E-state index is 10.4. The van der Waals surface area contributed by atoms with Crippen LogP contribution in [0.5, 0.6) is 0 Å². The molecule has 0 saturated heterocycles. The normalized spacial score (nSPS) is 21.9. The van der Waals surface area contributed by atoms with E-state index in [9.17, 15) is 4.79 Å². The molecule has 0 rings (SSSR count). The predicted molar refractivity (Wildman–Crippen MR) is 35.1 cm³/mol. The summed E-state index contributed by atoms with van der Waals surface area (Å²) in [5, 5.41) is 8.53. The van der Waals surface area contributed by atoms with E-state index in [0.717, 1.165) is 0 Å². The largest absolute Gasteiger partial charge is 0.480 e. The molecule has 2 atom stereocenters. The van der Waals surface area contributed by atoms with Crippen LogP contribution in [-0.4, -0.2) is 16.6 Å². The van der Waals surface area contributed by atoms with Gasteiger partial charge in [0.2, 0.25) is 0 Å². The molecule has 1 unspecified atom stereocenters. The van der Waals surface area contributed by atoms with Crippen molar-refractivity contribution in [3.8, 4) is 0 Å². The summed E-state index contributed by atoms with van der Waals surface area (Å²) in [6, 6.07) is 0. The minimum absolute atomic E-state index is 0.0410. The van der Waals surface area contributed by atoms with Gasteiger partial charge in [-0.15, -0.1) is 0 Å². The Morgan fingerprint density at radius 1 is 2.00 bits per heavy atom. The number of carboxylic acid groups (broad SMARTS) is 1. The number of hydrogen-bond donors (Lipinski definition) is 2. The third-order valence-corrected chi connectivity index (χ3v) is 1.48. The van der Waals surface area contributed by atoms with Crippen molar-refractivity contribution in [3.63, 3.8) is 0 Å². The van der Waals surface area contributed by atoms with Crippen molar-refractivity contribution in [1.82, 2.24) is 0 Å². The molecule has 0 aromatic rings. The minimum Gasteiger partial charge on any atom is -0.480 e. The number of hydrogen-bond acceptors (Lipinski definition) is 2. The highest BCUT2D eigenvalue weighted by Gasteiger charge is 2.31. The van der Waals surface area contributed by atoms with Crippen molar-refractivity contribution in [1.29, 1.82) is 0 Å². The molecule has 0 bridgehead atoms. The summed E-state index contributed by atoms with van der Waals surface area (Å²) in [5.41, 5.74) is 4.13. The Labute approximate surface area is 56.3 Å². The highest BCUT2D eigenvalue weighted by Crippen LogP contribution is 2.11. The Balaban J connectivity index is 4.23. The summed E-state index contributed by atoms with van der Waals surface area (Å²) in [5.74, 6) is -1.36. The minimum atomic E-state index is -1.26. The van der Waals surface area contributed by atoms with Gasteiger partial charge in [-0.1, -0.05) is 13.8 Å². The first kappa shape index (κ1) is 6.55. The highest BCUT2D eigenvalue weighted by molar-refractivity contribution is 5.78. The number of rotatable bonds is 2. The van der Waals surface area contributed by atoms with Crippen LogP contribution in [0.3, 0.4) is 0 Å². The van der Waals surface area contributed by atoms with E-state index in [1.54, 1.807) is 6.92 Å². The molecule has 0 aliphatic rings. The standard InChI is InChI=1S/C6H13NO2/c1-4(2)6(3,7)5(8)9/h4H,7H2,1-3H3,(H,8,9)/t6-/m0/s1/i1D/t4?,6-. The first-order valence-corrected chi connectivity index (χ1v) is 2.74. The Morgan fingerprint density at radius 2 is 2.44 bits per heavy atom. The Morgan fingerprint density at radius 3 is 2.56 bits per heavy atom. The van der Waals surface area contributed by atoms with E-state index in [2.05, 4.69) is 0 Å². The van der Waals surface area contributed by atoms with Crippen molar-refractivity contribution in [2.24, 2.45) is 11.7 Å². The van der Waals surface area contributed by atoms with Gasteiger partial charge in [0.05, 0.1) is 0 Å². The van der Waals surface area contributed by atoms with Crippen LogP contribution < -0.4 is 5.73 Å². The van der Waals surface area contributed by atoms with Gasteiger partial charge in [-0.2, -0.15) is 0 Å². The second-order valence-corrected chi connectivity index (χ2v) is 2.49. The molecule has 0 aliphatic carbocycles. The van der Waals surface area contributed by atoms with Gasteiger partial charge >= 0.3 is 5.97 Å². The summed E-state index contributed by atoms with van der Waals surface area (Å²) in [6.45, 7) is 3.12. The maximum atomic E-state index is 10.4. The summed E-state index contributed by atoms with van der Waals surface area (Å²) >= 11 is 0. The smallest absolute Gasteiger partial charge is 0.323 e. The summed E-state index contributed by atoms with van der Waals surface area (Å²) in [6.07, 6.45) is 0. The maximum Gasteiger partial charge on any atom is 0.323 e. The van der Waals surface area contributed by atoms with Gasteiger partial charge in [-0.3, -0.25) is 4.79 Å². The number of carbonyl (C=O) groups is 1. The third kappa shape index (κ3) is 1.68. The van der Waals surface area contributed by atoms with E-state index in [1.807, 2.05) is 0 Å². The first-order valence-electron chi connectivity index (χ1n) is 3.45. The van der Waals surface area contributed by atoms with E-state index in [0.29, 0.717) is 0 Å². The van der Waals surface area contributed by atoms with E-state index in [1.165, 1.54) is 6.92 Å². The summed E-state index contributed by atoms with van der Waals surface area (Å²) in [4.78, 5) is 10.4. The first-order chi connectivity index (χ1) is 4.42. The SMILES string of the molecule is [2H]CC(C)[C@](C)(N)C(=O)O. The number of aliphatic carboxylic acids is 1. The van der Waals surface area contributed by atoms with E-state index in [-0.39, 0.29) is 12.8 Å². The predicted octanol–water partition coefficient (Wildman–Crippen LogP) is 0.444. The Hall–Kier alpha value is -0.570. The number of carboxylic acids is 1. The molecule has 9 heavy (non-hydrogen) atoms. The van der Waals surface area contributed by atoms with Crippen molar-refractivity contribution in [2.75, 3.05) is 0 Å². The molecule has 0 saturated carbocycles. The average Bonchev–Trinajstić information content (AvgIpc) is 1.86. The van der Waals surface area contributed by atoms with Crippen LogP contribution in [0, 0.1) is 5.92 Å². The quantitative estimate of drug-likeness (QED) is 0.573.